The summed E-state index contributed by atoms with van der Waals surface area (Å²) in [7, 11) is 0. The van der Waals surface area contributed by atoms with E-state index in [4.69, 9.17) is 0 Å². The van der Waals surface area contributed by atoms with Crippen LogP contribution in [0, 0.1) is 5.82 Å². The molecule has 1 aromatic carbocycles. The second-order valence-electron chi connectivity index (χ2n) is 6.61. The summed E-state index contributed by atoms with van der Waals surface area (Å²) in [6.45, 7) is 8.15. The highest BCUT2D eigenvalue weighted by molar-refractivity contribution is 5.73. The van der Waals surface area contributed by atoms with Gasteiger partial charge in [-0.1, -0.05) is 25.1 Å². The molecule has 3 rings (SSSR count). The number of anilines is 1. The molecule has 144 valence electrons. The van der Waals surface area contributed by atoms with Crippen LogP contribution in [0.25, 0.3) is 0 Å². The highest BCUT2D eigenvalue weighted by Gasteiger charge is 2.16. The number of hydrogen-bond donors (Lipinski definition) is 2. The fourth-order valence-electron chi connectivity index (χ4n) is 3.03. The largest absolute Gasteiger partial charge is 0.354 e. The molecule has 0 radical (unpaired) electrons. The van der Waals surface area contributed by atoms with Gasteiger partial charge in [0.25, 0.3) is 0 Å². The van der Waals surface area contributed by atoms with E-state index in [1.165, 1.54) is 12.1 Å². The van der Waals surface area contributed by atoms with Crippen molar-refractivity contribution >= 4 is 11.8 Å². The lowest BCUT2D eigenvalue weighted by Crippen LogP contribution is -2.46. The number of amides is 2. The number of pyridine rings is 1. The van der Waals surface area contributed by atoms with Gasteiger partial charge in [-0.25, -0.2) is 14.2 Å². The number of rotatable bonds is 6. The molecule has 1 fully saturated rings. The number of nitrogens with zero attached hydrogens (tertiary/aromatic N) is 3. The summed E-state index contributed by atoms with van der Waals surface area (Å²) in [6.07, 6.45) is 1.81. The van der Waals surface area contributed by atoms with E-state index >= 15 is 0 Å². The van der Waals surface area contributed by atoms with E-state index in [-0.39, 0.29) is 11.8 Å². The van der Waals surface area contributed by atoms with Crippen LogP contribution in [0.3, 0.4) is 0 Å². The first-order valence-electron chi connectivity index (χ1n) is 9.32. The Morgan fingerprint density at radius 2 is 1.63 bits per heavy atom. The van der Waals surface area contributed by atoms with E-state index in [1.807, 2.05) is 18.3 Å². The third-order valence-corrected chi connectivity index (χ3v) is 4.77. The van der Waals surface area contributed by atoms with Gasteiger partial charge in [-0.2, -0.15) is 0 Å². The van der Waals surface area contributed by atoms with Crippen molar-refractivity contribution in [1.82, 2.24) is 20.5 Å². The Morgan fingerprint density at radius 3 is 2.22 bits per heavy atom. The molecule has 1 aliphatic rings. The number of carbonyl (C=O) groups is 1. The van der Waals surface area contributed by atoms with Gasteiger partial charge in [-0.05, 0) is 35.9 Å². The average Bonchev–Trinajstić information content (AvgIpc) is 2.72. The Hall–Kier alpha value is -2.67. The molecule has 2 amide bonds. The Kier molecular flexibility index (Phi) is 6.59. The van der Waals surface area contributed by atoms with Gasteiger partial charge in [0.1, 0.15) is 11.6 Å². The minimum atomic E-state index is -0.286. The topological polar surface area (TPSA) is 60.5 Å². The van der Waals surface area contributed by atoms with Gasteiger partial charge in [-0.3, -0.25) is 0 Å². The predicted molar refractivity (Wildman–Crippen MR) is 104 cm³/mol. The van der Waals surface area contributed by atoms with E-state index in [2.05, 4.69) is 32.3 Å². The zero-order chi connectivity index (χ0) is 19.1. The van der Waals surface area contributed by atoms with Crippen LogP contribution in [-0.4, -0.2) is 48.6 Å². The van der Waals surface area contributed by atoms with E-state index < -0.39 is 0 Å². The van der Waals surface area contributed by atoms with Crippen molar-refractivity contribution in [3.8, 4) is 0 Å². The Balaban J connectivity index is 1.41. The van der Waals surface area contributed by atoms with Crippen molar-refractivity contribution in [2.45, 2.75) is 20.0 Å². The zero-order valence-corrected chi connectivity index (χ0v) is 15.6. The summed E-state index contributed by atoms with van der Waals surface area (Å²) >= 11 is 0. The van der Waals surface area contributed by atoms with Gasteiger partial charge < -0.3 is 20.4 Å². The third kappa shape index (κ3) is 5.65. The van der Waals surface area contributed by atoms with Crippen molar-refractivity contribution in [2.75, 3.05) is 37.6 Å². The normalized spacial score (nSPS) is 14.8. The highest BCUT2D eigenvalue weighted by atomic mass is 19.1. The van der Waals surface area contributed by atoms with Gasteiger partial charge in [0, 0.05) is 45.5 Å². The summed E-state index contributed by atoms with van der Waals surface area (Å²) in [5.74, 6) is 0.696. The monoisotopic (exact) mass is 371 g/mol. The quantitative estimate of drug-likeness (QED) is 0.818. The maximum Gasteiger partial charge on any atom is 0.315 e. The summed E-state index contributed by atoms with van der Waals surface area (Å²) in [5.41, 5.74) is 1.80. The Morgan fingerprint density at radius 1 is 1.00 bits per heavy atom. The molecule has 0 aliphatic carbocycles. The van der Waals surface area contributed by atoms with Gasteiger partial charge >= 0.3 is 6.03 Å². The molecule has 0 unspecified atom stereocenters. The number of likely N-dealkylation sites (N-methyl/N-ethyl adjacent to an activating group) is 1. The Bertz CT molecular complexity index is 727. The van der Waals surface area contributed by atoms with Crippen LogP contribution >= 0.6 is 0 Å². The number of benzene rings is 1. The third-order valence-electron chi connectivity index (χ3n) is 4.77. The van der Waals surface area contributed by atoms with Gasteiger partial charge in [-0.15, -0.1) is 0 Å². The van der Waals surface area contributed by atoms with Crippen LogP contribution in [0.15, 0.2) is 42.6 Å². The van der Waals surface area contributed by atoms with Crippen molar-refractivity contribution in [1.29, 1.82) is 0 Å². The minimum absolute atomic E-state index is 0.265. The van der Waals surface area contributed by atoms with Gasteiger partial charge in [0.05, 0.1) is 0 Å². The van der Waals surface area contributed by atoms with Crippen LogP contribution < -0.4 is 15.5 Å². The van der Waals surface area contributed by atoms with Crippen molar-refractivity contribution in [2.24, 2.45) is 0 Å². The molecule has 2 aromatic rings. The average molecular weight is 371 g/mol. The molecular formula is C20H26FN5O. The minimum Gasteiger partial charge on any atom is -0.354 e. The van der Waals surface area contributed by atoms with E-state index in [0.717, 1.165) is 49.7 Å². The Labute approximate surface area is 159 Å². The molecule has 0 spiro atoms. The number of halogens is 1. The second-order valence-corrected chi connectivity index (χ2v) is 6.61. The lowest BCUT2D eigenvalue weighted by molar-refractivity contribution is 0.240. The summed E-state index contributed by atoms with van der Waals surface area (Å²) in [4.78, 5) is 21.2. The fraction of sp³-hybridized carbons (Fsp3) is 0.400. The molecule has 27 heavy (non-hydrogen) atoms. The van der Waals surface area contributed by atoms with E-state index in [0.29, 0.717) is 13.1 Å². The number of aromatic nitrogens is 1. The zero-order valence-electron chi connectivity index (χ0n) is 15.6. The lowest BCUT2D eigenvalue weighted by Gasteiger charge is -2.34. The molecule has 0 bridgehead atoms. The lowest BCUT2D eigenvalue weighted by atomic mass is 10.2. The van der Waals surface area contributed by atoms with Crippen LogP contribution in [0.4, 0.5) is 15.0 Å². The van der Waals surface area contributed by atoms with Gasteiger partial charge in [0.15, 0.2) is 0 Å². The number of carbonyl (C=O) groups excluding carboxylic acids is 1. The number of hydrogen-bond acceptors (Lipinski definition) is 4. The van der Waals surface area contributed by atoms with Crippen molar-refractivity contribution in [3.63, 3.8) is 0 Å². The maximum atomic E-state index is 12.9. The molecule has 0 atom stereocenters. The fourth-order valence-corrected chi connectivity index (χ4v) is 3.03. The molecule has 1 aliphatic heterocycles. The SMILES string of the molecule is CCN1CCN(c2ccc(CNC(=O)NCc3ccc(F)cc3)cn2)CC1. The molecule has 1 saturated heterocycles. The van der Waals surface area contributed by atoms with Crippen LogP contribution in [0.1, 0.15) is 18.1 Å². The smallest absolute Gasteiger partial charge is 0.315 e. The van der Waals surface area contributed by atoms with Crippen molar-refractivity contribution in [3.05, 3.63) is 59.5 Å². The van der Waals surface area contributed by atoms with E-state index in [1.54, 1.807) is 12.1 Å². The molecule has 7 heteroatoms. The summed E-state index contributed by atoms with van der Waals surface area (Å²) in [6, 6.07) is 9.80. The molecule has 1 aromatic heterocycles. The summed E-state index contributed by atoms with van der Waals surface area (Å²) in [5, 5.41) is 5.56. The van der Waals surface area contributed by atoms with E-state index in [9.17, 15) is 9.18 Å². The van der Waals surface area contributed by atoms with Crippen molar-refractivity contribution < 1.29 is 9.18 Å². The number of nitrogens with one attached hydrogen (secondary N) is 2. The summed E-state index contributed by atoms with van der Waals surface area (Å²) < 4.78 is 12.9. The predicted octanol–water partition coefficient (Wildman–Crippen LogP) is 2.36. The highest BCUT2D eigenvalue weighted by Crippen LogP contribution is 2.14. The maximum absolute atomic E-state index is 12.9. The second kappa shape index (κ2) is 9.32. The molecular weight excluding hydrogens is 345 g/mol. The standard InChI is InChI=1S/C20H26FN5O/c1-2-25-9-11-26(12-10-25)19-8-5-17(14-22-19)15-24-20(27)23-13-16-3-6-18(21)7-4-16/h3-8,14H,2,9-13,15H2,1H3,(H2,23,24,27). The van der Waals surface area contributed by atoms with Crippen LogP contribution in [-0.2, 0) is 13.1 Å². The van der Waals surface area contributed by atoms with Gasteiger partial charge in [0.2, 0.25) is 0 Å². The van der Waals surface area contributed by atoms with Crippen LogP contribution in [0.5, 0.6) is 0 Å². The first kappa shape index (κ1) is 19.1. The first-order valence-corrected chi connectivity index (χ1v) is 9.32. The number of urea groups is 1. The molecule has 0 saturated carbocycles. The molecule has 2 N–H and O–H groups in total. The molecule has 6 nitrogen and oxygen atoms in total. The number of piperazine rings is 1. The van der Waals surface area contributed by atoms with Crippen LogP contribution in [0.2, 0.25) is 0 Å². The first-order chi connectivity index (χ1) is 13.1. The molecule has 2 heterocycles.